The van der Waals surface area contributed by atoms with Crippen molar-refractivity contribution in [3.05, 3.63) is 107 Å². The Morgan fingerprint density at radius 1 is 0.774 bits per heavy atom. The first-order valence-electron chi connectivity index (χ1n) is 11.0. The van der Waals surface area contributed by atoms with Gasteiger partial charge in [0.15, 0.2) is 6.29 Å². The van der Waals surface area contributed by atoms with Crippen LogP contribution in [0.4, 0.5) is 0 Å². The number of rotatable bonds is 9. The Kier molecular flexibility index (Phi) is 6.83. The van der Waals surface area contributed by atoms with Crippen LogP contribution in [0.2, 0.25) is 0 Å². The van der Waals surface area contributed by atoms with Crippen LogP contribution in [-0.4, -0.2) is 36.3 Å². The summed E-state index contributed by atoms with van der Waals surface area (Å²) in [5.41, 5.74) is 3.43. The average Bonchev–Trinajstić information content (AvgIpc) is 2.79. The molecule has 4 nitrogen and oxygen atoms in total. The molecule has 3 aromatic rings. The predicted molar refractivity (Wildman–Crippen MR) is 123 cm³/mol. The van der Waals surface area contributed by atoms with E-state index in [2.05, 4.69) is 53.4 Å². The van der Waals surface area contributed by atoms with E-state index >= 15 is 0 Å². The summed E-state index contributed by atoms with van der Waals surface area (Å²) in [6.45, 7) is 6.20. The zero-order valence-corrected chi connectivity index (χ0v) is 18.3. The number of benzene rings is 3. The van der Waals surface area contributed by atoms with E-state index in [0.29, 0.717) is 26.3 Å². The third-order valence-electron chi connectivity index (χ3n) is 5.86. The van der Waals surface area contributed by atoms with Crippen molar-refractivity contribution in [3.8, 4) is 0 Å². The Morgan fingerprint density at radius 3 is 1.81 bits per heavy atom. The van der Waals surface area contributed by atoms with Crippen molar-refractivity contribution in [1.82, 2.24) is 4.90 Å². The van der Waals surface area contributed by atoms with Gasteiger partial charge in [0.25, 0.3) is 0 Å². The number of ether oxygens (including phenoxy) is 2. The molecule has 31 heavy (non-hydrogen) atoms. The SMILES string of the molecule is CCOC(OCC)c1cccc(C2(O)CN(C(c3ccccc3)c3ccccc3)C2)c1. The van der Waals surface area contributed by atoms with E-state index in [1.54, 1.807) is 0 Å². The Hall–Kier alpha value is -2.50. The van der Waals surface area contributed by atoms with Gasteiger partial charge in [-0.2, -0.15) is 0 Å². The van der Waals surface area contributed by atoms with Crippen LogP contribution in [0, 0.1) is 0 Å². The molecule has 0 saturated carbocycles. The first kappa shape index (κ1) is 21.7. The fourth-order valence-corrected chi connectivity index (χ4v) is 4.39. The summed E-state index contributed by atoms with van der Waals surface area (Å²) in [4.78, 5) is 2.33. The van der Waals surface area contributed by atoms with Crippen LogP contribution in [0.5, 0.6) is 0 Å². The second kappa shape index (κ2) is 9.75. The highest BCUT2D eigenvalue weighted by molar-refractivity contribution is 5.36. The lowest BCUT2D eigenvalue weighted by molar-refractivity contribution is -0.141. The molecule has 4 heteroatoms. The van der Waals surface area contributed by atoms with Crippen molar-refractivity contribution in [1.29, 1.82) is 0 Å². The van der Waals surface area contributed by atoms with Gasteiger partial charge in [0.1, 0.15) is 5.60 Å². The van der Waals surface area contributed by atoms with Gasteiger partial charge in [0.2, 0.25) is 0 Å². The molecule has 1 aliphatic heterocycles. The molecule has 1 fully saturated rings. The molecule has 0 atom stereocenters. The minimum atomic E-state index is -0.888. The van der Waals surface area contributed by atoms with E-state index in [0.717, 1.165) is 11.1 Å². The van der Waals surface area contributed by atoms with Crippen LogP contribution in [0.1, 0.15) is 48.4 Å². The van der Waals surface area contributed by atoms with Crippen LogP contribution in [-0.2, 0) is 15.1 Å². The third-order valence-corrected chi connectivity index (χ3v) is 5.86. The summed E-state index contributed by atoms with van der Waals surface area (Å²) in [7, 11) is 0. The highest BCUT2D eigenvalue weighted by Crippen LogP contribution is 2.41. The second-order valence-electron chi connectivity index (χ2n) is 8.03. The summed E-state index contributed by atoms with van der Waals surface area (Å²) in [6.07, 6.45) is -0.406. The van der Waals surface area contributed by atoms with E-state index in [-0.39, 0.29) is 6.04 Å². The van der Waals surface area contributed by atoms with Crippen molar-refractivity contribution >= 4 is 0 Å². The van der Waals surface area contributed by atoms with Crippen LogP contribution >= 0.6 is 0 Å². The van der Waals surface area contributed by atoms with Crippen molar-refractivity contribution in [2.45, 2.75) is 31.8 Å². The molecule has 1 aliphatic rings. The van der Waals surface area contributed by atoms with E-state index in [9.17, 15) is 5.11 Å². The number of aliphatic hydroxyl groups is 1. The van der Waals surface area contributed by atoms with Gasteiger partial charge in [-0.25, -0.2) is 0 Å². The van der Waals surface area contributed by atoms with Crippen LogP contribution in [0.15, 0.2) is 84.9 Å². The highest BCUT2D eigenvalue weighted by Gasteiger charge is 2.46. The van der Waals surface area contributed by atoms with Crippen molar-refractivity contribution < 1.29 is 14.6 Å². The summed E-state index contributed by atoms with van der Waals surface area (Å²) in [5.74, 6) is 0. The summed E-state index contributed by atoms with van der Waals surface area (Å²) < 4.78 is 11.5. The van der Waals surface area contributed by atoms with E-state index in [4.69, 9.17) is 9.47 Å². The molecular formula is C27H31NO3. The molecule has 0 spiro atoms. The first-order chi connectivity index (χ1) is 15.1. The Balaban J connectivity index is 1.56. The van der Waals surface area contributed by atoms with Gasteiger partial charge >= 0.3 is 0 Å². The van der Waals surface area contributed by atoms with Crippen LogP contribution in [0.25, 0.3) is 0 Å². The monoisotopic (exact) mass is 417 g/mol. The maximum atomic E-state index is 11.4. The molecule has 0 bridgehead atoms. The van der Waals surface area contributed by atoms with Crippen LogP contribution in [0.3, 0.4) is 0 Å². The summed E-state index contributed by atoms with van der Waals surface area (Å²) in [6, 6.07) is 29.1. The minimum absolute atomic E-state index is 0.116. The lowest BCUT2D eigenvalue weighted by Gasteiger charge is -2.50. The number of nitrogens with zero attached hydrogens (tertiary/aromatic N) is 1. The topological polar surface area (TPSA) is 41.9 Å². The molecule has 0 radical (unpaired) electrons. The van der Waals surface area contributed by atoms with Crippen molar-refractivity contribution in [2.24, 2.45) is 0 Å². The molecule has 4 rings (SSSR count). The molecule has 1 saturated heterocycles. The van der Waals surface area contributed by atoms with E-state index in [1.807, 2.05) is 50.2 Å². The van der Waals surface area contributed by atoms with E-state index < -0.39 is 11.9 Å². The average molecular weight is 418 g/mol. The Bertz CT molecular complexity index is 909. The lowest BCUT2D eigenvalue weighted by Crippen LogP contribution is -2.60. The maximum Gasteiger partial charge on any atom is 0.183 e. The van der Waals surface area contributed by atoms with Gasteiger partial charge in [-0.15, -0.1) is 0 Å². The van der Waals surface area contributed by atoms with Gasteiger partial charge in [-0.05, 0) is 36.6 Å². The Morgan fingerprint density at radius 2 is 1.29 bits per heavy atom. The largest absolute Gasteiger partial charge is 0.382 e. The fraction of sp³-hybridized carbons (Fsp3) is 0.333. The molecule has 0 aromatic heterocycles. The minimum Gasteiger partial charge on any atom is -0.382 e. The van der Waals surface area contributed by atoms with Crippen molar-refractivity contribution in [2.75, 3.05) is 26.3 Å². The highest BCUT2D eigenvalue weighted by atomic mass is 16.7. The van der Waals surface area contributed by atoms with Gasteiger partial charge in [-0.3, -0.25) is 4.90 Å². The molecule has 0 unspecified atom stereocenters. The first-order valence-corrected chi connectivity index (χ1v) is 11.0. The quantitative estimate of drug-likeness (QED) is 0.495. The summed E-state index contributed by atoms with van der Waals surface area (Å²) >= 11 is 0. The zero-order chi connectivity index (χ0) is 21.7. The van der Waals surface area contributed by atoms with Gasteiger partial charge < -0.3 is 14.6 Å². The number of likely N-dealkylation sites (tertiary alicyclic amines) is 1. The second-order valence-corrected chi connectivity index (χ2v) is 8.03. The van der Waals surface area contributed by atoms with Gasteiger partial charge in [0.05, 0.1) is 6.04 Å². The van der Waals surface area contributed by atoms with Crippen LogP contribution < -0.4 is 0 Å². The molecular weight excluding hydrogens is 386 g/mol. The third kappa shape index (κ3) is 4.73. The molecule has 3 aromatic carbocycles. The standard InChI is InChI=1S/C27H31NO3/c1-3-30-26(31-4-2)23-16-11-17-24(18-23)27(29)19-28(20-27)25(21-12-7-5-8-13-21)22-14-9-6-10-15-22/h5-18,25-26,29H,3-4,19-20H2,1-2H3. The zero-order valence-electron chi connectivity index (χ0n) is 18.3. The molecule has 162 valence electrons. The lowest BCUT2D eigenvalue weighted by atomic mass is 9.82. The van der Waals surface area contributed by atoms with Gasteiger partial charge in [0, 0.05) is 31.9 Å². The smallest absolute Gasteiger partial charge is 0.183 e. The number of hydrogen-bond acceptors (Lipinski definition) is 4. The number of hydrogen-bond donors (Lipinski definition) is 1. The molecule has 1 N–H and O–H groups in total. The molecule has 0 aliphatic carbocycles. The maximum absolute atomic E-state index is 11.4. The normalized spacial score (nSPS) is 15.9. The predicted octanol–water partition coefficient (Wildman–Crippen LogP) is 5.05. The van der Waals surface area contributed by atoms with Gasteiger partial charge in [-0.1, -0.05) is 78.9 Å². The van der Waals surface area contributed by atoms with Crippen molar-refractivity contribution in [3.63, 3.8) is 0 Å². The number of β-amino-alcohol motifs (C(OH)–C–C–N with tert-alkyl or cyclic N) is 1. The van der Waals surface area contributed by atoms with E-state index in [1.165, 1.54) is 11.1 Å². The fourth-order valence-electron chi connectivity index (χ4n) is 4.39. The molecule has 0 amide bonds. The summed E-state index contributed by atoms with van der Waals surface area (Å²) in [5, 5.41) is 11.4. The molecule has 1 heterocycles. The Labute approximate surface area is 185 Å².